The largest absolute Gasteiger partial charge is 0.397 e. The number of hydrogen-bond donors (Lipinski definition) is 3. The zero-order valence-corrected chi connectivity index (χ0v) is 9.61. The van der Waals surface area contributed by atoms with Gasteiger partial charge in [-0.25, -0.2) is 0 Å². The van der Waals surface area contributed by atoms with E-state index in [0.717, 1.165) is 13.0 Å². The number of hydrogen-bond acceptors (Lipinski definition) is 3. The van der Waals surface area contributed by atoms with Crippen molar-refractivity contribution in [2.75, 3.05) is 12.3 Å². The fraction of sp³-hybridized carbons (Fsp3) is 0.583. The molecule has 2 atom stereocenters. The number of anilines is 1. The molecule has 2 heterocycles. The van der Waals surface area contributed by atoms with Gasteiger partial charge in [0, 0.05) is 18.5 Å². The Morgan fingerprint density at radius 2 is 2.29 bits per heavy atom. The first-order valence-electron chi connectivity index (χ1n) is 6.10. The van der Waals surface area contributed by atoms with Gasteiger partial charge in [-0.1, -0.05) is 0 Å². The van der Waals surface area contributed by atoms with Gasteiger partial charge in [0.1, 0.15) is 5.69 Å². The van der Waals surface area contributed by atoms with E-state index in [1.54, 1.807) is 12.3 Å². The predicted octanol–water partition coefficient (Wildman–Crippen LogP) is 0.894. The molecule has 5 nitrogen and oxygen atoms in total. The lowest BCUT2D eigenvalue weighted by molar-refractivity contribution is 0.0727. The molecule has 5 heteroatoms. The van der Waals surface area contributed by atoms with Gasteiger partial charge in [-0.2, -0.15) is 0 Å². The Bertz CT molecular complexity index is 425. The maximum Gasteiger partial charge on any atom is 0.268 e. The quantitative estimate of drug-likeness (QED) is 0.728. The molecule has 0 bridgehead atoms. The van der Waals surface area contributed by atoms with Crippen LogP contribution in [0.15, 0.2) is 12.3 Å². The topological polar surface area (TPSA) is 80.1 Å². The van der Waals surface area contributed by atoms with Gasteiger partial charge in [0.25, 0.3) is 5.91 Å². The van der Waals surface area contributed by atoms with Crippen molar-refractivity contribution in [2.45, 2.75) is 31.4 Å². The molecular formula is C12H17N3O2. The Balaban J connectivity index is 1.64. The van der Waals surface area contributed by atoms with Crippen LogP contribution in [-0.4, -0.2) is 29.6 Å². The SMILES string of the molecule is Nc1c[nH]c(C(=O)NC2CCOC2C2CC2)c1. The van der Waals surface area contributed by atoms with Crippen LogP contribution in [0.3, 0.4) is 0 Å². The van der Waals surface area contributed by atoms with Crippen LogP contribution in [0.5, 0.6) is 0 Å². The van der Waals surface area contributed by atoms with Gasteiger partial charge >= 0.3 is 0 Å². The average Bonchev–Trinajstić information content (AvgIpc) is 2.89. The normalized spacial score (nSPS) is 28.2. The number of H-pyrrole nitrogens is 1. The third-order valence-electron chi connectivity index (χ3n) is 3.49. The minimum Gasteiger partial charge on any atom is -0.397 e. The number of carbonyl (C=O) groups excluding carboxylic acids is 1. The van der Waals surface area contributed by atoms with Gasteiger partial charge in [-0.05, 0) is 31.2 Å². The first-order chi connectivity index (χ1) is 8.24. The predicted molar refractivity (Wildman–Crippen MR) is 63.5 cm³/mol. The summed E-state index contributed by atoms with van der Waals surface area (Å²) in [6.07, 6.45) is 5.20. The van der Waals surface area contributed by atoms with E-state index in [1.807, 2.05) is 0 Å². The van der Waals surface area contributed by atoms with Crippen LogP contribution in [0.25, 0.3) is 0 Å². The number of ether oxygens (including phenoxy) is 1. The summed E-state index contributed by atoms with van der Waals surface area (Å²) in [7, 11) is 0. The molecule has 17 heavy (non-hydrogen) atoms. The molecule has 0 aromatic carbocycles. The lowest BCUT2D eigenvalue weighted by Crippen LogP contribution is -2.41. The molecule has 1 aliphatic carbocycles. The number of nitrogen functional groups attached to an aromatic ring is 1. The molecule has 2 fully saturated rings. The number of aromatic nitrogens is 1. The second kappa shape index (κ2) is 4.07. The molecule has 1 saturated heterocycles. The van der Waals surface area contributed by atoms with Crippen molar-refractivity contribution >= 4 is 11.6 Å². The highest BCUT2D eigenvalue weighted by atomic mass is 16.5. The third kappa shape index (κ3) is 2.15. The van der Waals surface area contributed by atoms with Gasteiger partial charge in [0.15, 0.2) is 0 Å². The summed E-state index contributed by atoms with van der Waals surface area (Å²) in [5.41, 5.74) is 6.67. The fourth-order valence-electron chi connectivity index (χ4n) is 2.44. The van der Waals surface area contributed by atoms with E-state index < -0.39 is 0 Å². The molecule has 2 aliphatic rings. The maximum absolute atomic E-state index is 11.9. The summed E-state index contributed by atoms with van der Waals surface area (Å²) in [5.74, 6) is 0.555. The maximum atomic E-state index is 11.9. The molecule has 2 unspecified atom stereocenters. The standard InChI is InChI=1S/C12H17N3O2/c13-8-5-10(14-6-8)12(16)15-9-3-4-17-11(9)7-1-2-7/h5-7,9,11,14H,1-4,13H2,(H,15,16). The van der Waals surface area contributed by atoms with Crippen LogP contribution in [0.2, 0.25) is 0 Å². The van der Waals surface area contributed by atoms with E-state index in [0.29, 0.717) is 17.3 Å². The van der Waals surface area contributed by atoms with Crippen molar-refractivity contribution in [2.24, 2.45) is 5.92 Å². The molecule has 1 aromatic rings. The van der Waals surface area contributed by atoms with Gasteiger partial charge < -0.3 is 20.8 Å². The highest BCUT2D eigenvalue weighted by molar-refractivity contribution is 5.93. The Hall–Kier alpha value is -1.49. The number of carbonyl (C=O) groups is 1. The second-order valence-electron chi connectivity index (χ2n) is 4.89. The molecule has 4 N–H and O–H groups in total. The number of nitrogens with one attached hydrogen (secondary N) is 2. The van der Waals surface area contributed by atoms with Crippen LogP contribution < -0.4 is 11.1 Å². The molecule has 1 saturated carbocycles. The number of rotatable bonds is 3. The van der Waals surface area contributed by atoms with Gasteiger partial charge in [-0.15, -0.1) is 0 Å². The molecule has 0 radical (unpaired) electrons. The van der Waals surface area contributed by atoms with Crippen molar-refractivity contribution in [3.05, 3.63) is 18.0 Å². The summed E-state index contributed by atoms with van der Waals surface area (Å²) < 4.78 is 5.68. The molecule has 1 aromatic heterocycles. The highest BCUT2D eigenvalue weighted by Crippen LogP contribution is 2.38. The lowest BCUT2D eigenvalue weighted by atomic mass is 10.1. The highest BCUT2D eigenvalue weighted by Gasteiger charge is 2.41. The number of aromatic amines is 1. The Morgan fingerprint density at radius 3 is 2.94 bits per heavy atom. The lowest BCUT2D eigenvalue weighted by Gasteiger charge is -2.18. The first-order valence-corrected chi connectivity index (χ1v) is 6.10. The van der Waals surface area contributed by atoms with Gasteiger partial charge in [0.05, 0.1) is 12.1 Å². The van der Waals surface area contributed by atoms with Crippen molar-refractivity contribution in [3.63, 3.8) is 0 Å². The van der Waals surface area contributed by atoms with Crippen molar-refractivity contribution < 1.29 is 9.53 Å². The summed E-state index contributed by atoms with van der Waals surface area (Å²) >= 11 is 0. The Kier molecular flexibility index (Phi) is 2.55. The van der Waals surface area contributed by atoms with Crippen molar-refractivity contribution in [1.82, 2.24) is 10.3 Å². The second-order valence-corrected chi connectivity index (χ2v) is 4.89. The van der Waals surface area contributed by atoms with Crippen LogP contribution in [0.1, 0.15) is 29.8 Å². The van der Waals surface area contributed by atoms with E-state index in [-0.39, 0.29) is 18.1 Å². The minimum atomic E-state index is -0.0946. The summed E-state index contributed by atoms with van der Waals surface area (Å²) in [6, 6.07) is 1.80. The molecule has 92 valence electrons. The summed E-state index contributed by atoms with van der Waals surface area (Å²) in [6.45, 7) is 0.749. The van der Waals surface area contributed by atoms with E-state index in [1.165, 1.54) is 12.8 Å². The molecule has 0 spiro atoms. The minimum absolute atomic E-state index is 0.0946. The number of nitrogens with two attached hydrogens (primary N) is 1. The number of amides is 1. The first kappa shape index (κ1) is 10.7. The zero-order chi connectivity index (χ0) is 11.8. The summed E-state index contributed by atoms with van der Waals surface area (Å²) in [4.78, 5) is 14.8. The molecular weight excluding hydrogens is 218 g/mol. The van der Waals surface area contributed by atoms with Gasteiger partial charge in [-0.3, -0.25) is 4.79 Å². The fourth-order valence-corrected chi connectivity index (χ4v) is 2.44. The Labute approximate surface area is 99.7 Å². The van der Waals surface area contributed by atoms with E-state index in [9.17, 15) is 4.79 Å². The van der Waals surface area contributed by atoms with E-state index >= 15 is 0 Å². The third-order valence-corrected chi connectivity index (χ3v) is 3.49. The van der Waals surface area contributed by atoms with Crippen molar-refractivity contribution in [1.29, 1.82) is 0 Å². The molecule has 1 aliphatic heterocycles. The van der Waals surface area contributed by atoms with E-state index in [2.05, 4.69) is 10.3 Å². The van der Waals surface area contributed by atoms with E-state index in [4.69, 9.17) is 10.5 Å². The average molecular weight is 235 g/mol. The summed E-state index contributed by atoms with van der Waals surface area (Å²) in [5, 5.41) is 3.03. The van der Waals surface area contributed by atoms with Gasteiger partial charge in [0.2, 0.25) is 0 Å². The molecule has 1 amide bonds. The smallest absolute Gasteiger partial charge is 0.268 e. The monoisotopic (exact) mass is 235 g/mol. The molecule has 3 rings (SSSR count). The Morgan fingerprint density at radius 1 is 1.47 bits per heavy atom. The van der Waals surface area contributed by atoms with Crippen LogP contribution in [0.4, 0.5) is 5.69 Å². The zero-order valence-electron chi connectivity index (χ0n) is 9.61. The van der Waals surface area contributed by atoms with Crippen molar-refractivity contribution in [3.8, 4) is 0 Å². The van der Waals surface area contributed by atoms with Crippen LogP contribution in [-0.2, 0) is 4.74 Å². The van der Waals surface area contributed by atoms with Crippen LogP contribution >= 0.6 is 0 Å². The van der Waals surface area contributed by atoms with Crippen LogP contribution in [0, 0.1) is 5.92 Å².